The van der Waals surface area contributed by atoms with E-state index in [2.05, 4.69) is 5.32 Å². The summed E-state index contributed by atoms with van der Waals surface area (Å²) in [5, 5.41) is 3.94. The van der Waals surface area contributed by atoms with Gasteiger partial charge in [0.05, 0.1) is 5.02 Å². The second kappa shape index (κ2) is 4.96. The van der Waals surface area contributed by atoms with E-state index in [9.17, 15) is 0 Å². The fraction of sp³-hybridized carbons (Fsp3) is 0.500. The lowest BCUT2D eigenvalue weighted by molar-refractivity contribution is 0.174. The number of benzene rings is 1. The maximum Gasteiger partial charge on any atom is 0.231 e. The van der Waals surface area contributed by atoms with E-state index < -0.39 is 0 Å². The molecular weight excluding hydrogens is 258 g/mol. The summed E-state index contributed by atoms with van der Waals surface area (Å²) in [5.41, 5.74) is 1.21. The highest BCUT2D eigenvalue weighted by Gasteiger charge is 2.19. The van der Waals surface area contributed by atoms with Crippen LogP contribution in [0.5, 0.6) is 11.5 Å². The fourth-order valence-electron chi connectivity index (χ4n) is 1.91. The van der Waals surface area contributed by atoms with Crippen molar-refractivity contribution in [2.45, 2.75) is 5.75 Å². The van der Waals surface area contributed by atoms with E-state index in [0.29, 0.717) is 10.8 Å². The van der Waals surface area contributed by atoms with E-state index in [-0.39, 0.29) is 6.79 Å². The van der Waals surface area contributed by atoms with Gasteiger partial charge in [-0.25, -0.2) is 0 Å². The van der Waals surface area contributed by atoms with Gasteiger partial charge in [0.1, 0.15) is 0 Å². The number of hydrogen-bond donors (Lipinski definition) is 1. The smallest absolute Gasteiger partial charge is 0.231 e. The zero-order chi connectivity index (χ0) is 11.7. The first kappa shape index (κ1) is 11.5. The zero-order valence-corrected chi connectivity index (χ0v) is 10.9. The molecule has 3 nitrogen and oxygen atoms in total. The first-order valence-corrected chi connectivity index (χ1v) is 7.22. The average Bonchev–Trinajstić information content (AvgIpc) is 2.70. The van der Waals surface area contributed by atoms with Crippen molar-refractivity contribution < 1.29 is 9.47 Å². The summed E-state index contributed by atoms with van der Waals surface area (Å²) in [6.45, 7) is 2.60. The van der Waals surface area contributed by atoms with Crippen molar-refractivity contribution in [3.8, 4) is 11.5 Å². The number of nitrogens with one attached hydrogen (secondary N) is 1. The average molecular weight is 272 g/mol. The molecule has 1 aromatic rings. The summed E-state index contributed by atoms with van der Waals surface area (Å²) in [4.78, 5) is 0. The van der Waals surface area contributed by atoms with Gasteiger partial charge in [-0.3, -0.25) is 0 Å². The highest BCUT2D eigenvalue weighted by Crippen LogP contribution is 2.40. The first-order chi connectivity index (χ1) is 8.33. The Hall–Kier alpha value is -0.580. The molecule has 0 aliphatic carbocycles. The molecule has 92 valence electrons. The SMILES string of the molecule is Clc1cc(CSCC2CNC2)cc2c1OCO2. The largest absolute Gasteiger partial charge is 0.454 e. The third-order valence-corrected chi connectivity index (χ3v) is 4.50. The van der Waals surface area contributed by atoms with E-state index >= 15 is 0 Å². The quantitative estimate of drug-likeness (QED) is 0.912. The molecule has 0 unspecified atom stereocenters. The fourth-order valence-corrected chi connectivity index (χ4v) is 3.29. The number of hydrogen-bond acceptors (Lipinski definition) is 4. The lowest BCUT2D eigenvalue weighted by atomic mass is 10.1. The van der Waals surface area contributed by atoms with Crippen LogP contribution in [0.4, 0.5) is 0 Å². The van der Waals surface area contributed by atoms with Gasteiger partial charge in [-0.05, 0) is 42.5 Å². The molecule has 1 N–H and O–H groups in total. The molecule has 1 saturated heterocycles. The van der Waals surface area contributed by atoms with Crippen LogP contribution in [-0.2, 0) is 5.75 Å². The predicted octanol–water partition coefficient (Wildman–Crippen LogP) is 2.52. The minimum absolute atomic E-state index is 0.277. The third-order valence-electron chi connectivity index (χ3n) is 2.98. The van der Waals surface area contributed by atoms with Gasteiger partial charge in [0.2, 0.25) is 6.79 Å². The van der Waals surface area contributed by atoms with Gasteiger partial charge in [-0.2, -0.15) is 11.8 Å². The van der Waals surface area contributed by atoms with Gasteiger partial charge >= 0.3 is 0 Å². The van der Waals surface area contributed by atoms with E-state index in [1.807, 2.05) is 23.9 Å². The van der Waals surface area contributed by atoms with Crippen LogP contribution in [0.2, 0.25) is 5.02 Å². The maximum absolute atomic E-state index is 6.13. The Kier molecular flexibility index (Phi) is 3.36. The second-order valence-corrected chi connectivity index (χ2v) is 5.79. The normalized spacial score (nSPS) is 18.2. The third kappa shape index (κ3) is 2.49. The maximum atomic E-state index is 6.13. The number of thioether (sulfide) groups is 1. The summed E-state index contributed by atoms with van der Waals surface area (Å²) in [6.07, 6.45) is 0. The predicted molar refractivity (Wildman–Crippen MR) is 70.1 cm³/mol. The highest BCUT2D eigenvalue weighted by molar-refractivity contribution is 7.98. The molecular formula is C12H14ClNO2S. The van der Waals surface area contributed by atoms with Gasteiger partial charge < -0.3 is 14.8 Å². The van der Waals surface area contributed by atoms with Crippen molar-refractivity contribution in [3.63, 3.8) is 0 Å². The van der Waals surface area contributed by atoms with Crippen LogP contribution in [0.25, 0.3) is 0 Å². The van der Waals surface area contributed by atoms with Gasteiger partial charge in [-0.15, -0.1) is 0 Å². The molecule has 2 aliphatic rings. The number of fused-ring (bicyclic) bond motifs is 1. The zero-order valence-electron chi connectivity index (χ0n) is 9.37. The van der Waals surface area contributed by atoms with Crippen LogP contribution in [0, 0.1) is 5.92 Å². The van der Waals surface area contributed by atoms with Crippen LogP contribution >= 0.6 is 23.4 Å². The Morgan fingerprint density at radius 3 is 3.00 bits per heavy atom. The van der Waals surface area contributed by atoms with Crippen molar-refractivity contribution in [1.29, 1.82) is 0 Å². The number of rotatable bonds is 4. The van der Waals surface area contributed by atoms with Gasteiger partial charge in [0, 0.05) is 5.75 Å². The second-order valence-electron chi connectivity index (χ2n) is 4.35. The molecule has 0 aromatic heterocycles. The van der Waals surface area contributed by atoms with Crippen LogP contribution in [-0.4, -0.2) is 25.6 Å². The van der Waals surface area contributed by atoms with E-state index in [0.717, 1.165) is 30.5 Å². The van der Waals surface area contributed by atoms with Crippen LogP contribution in [0.15, 0.2) is 12.1 Å². The Bertz CT molecular complexity index is 423. The van der Waals surface area contributed by atoms with Crippen molar-refractivity contribution in [2.75, 3.05) is 25.6 Å². The molecule has 1 fully saturated rings. The molecule has 1 aromatic carbocycles. The number of halogens is 1. The van der Waals surface area contributed by atoms with E-state index in [1.54, 1.807) is 0 Å². The molecule has 17 heavy (non-hydrogen) atoms. The minimum atomic E-state index is 0.277. The Morgan fingerprint density at radius 2 is 2.24 bits per heavy atom. The summed E-state index contributed by atoms with van der Waals surface area (Å²) in [7, 11) is 0. The van der Waals surface area contributed by atoms with Crippen molar-refractivity contribution in [3.05, 3.63) is 22.7 Å². The molecule has 3 rings (SSSR count). The Balaban J connectivity index is 1.60. The molecule has 2 heterocycles. The summed E-state index contributed by atoms with van der Waals surface area (Å²) >= 11 is 8.08. The Morgan fingerprint density at radius 1 is 1.35 bits per heavy atom. The number of ether oxygens (including phenoxy) is 2. The van der Waals surface area contributed by atoms with Crippen LogP contribution in [0.3, 0.4) is 0 Å². The van der Waals surface area contributed by atoms with Gasteiger partial charge in [0.15, 0.2) is 11.5 Å². The van der Waals surface area contributed by atoms with E-state index in [4.69, 9.17) is 21.1 Å². The monoisotopic (exact) mass is 271 g/mol. The Labute approximate surface area is 110 Å². The first-order valence-electron chi connectivity index (χ1n) is 5.69. The molecule has 0 saturated carbocycles. The van der Waals surface area contributed by atoms with Gasteiger partial charge in [-0.1, -0.05) is 11.6 Å². The molecule has 5 heteroatoms. The van der Waals surface area contributed by atoms with Crippen LogP contribution in [0.1, 0.15) is 5.56 Å². The van der Waals surface area contributed by atoms with Crippen molar-refractivity contribution >= 4 is 23.4 Å². The summed E-state index contributed by atoms with van der Waals surface area (Å²) in [5.74, 6) is 4.48. The van der Waals surface area contributed by atoms with Gasteiger partial charge in [0.25, 0.3) is 0 Å². The topological polar surface area (TPSA) is 30.5 Å². The van der Waals surface area contributed by atoms with Crippen molar-refractivity contribution in [2.24, 2.45) is 5.92 Å². The molecule has 0 spiro atoms. The minimum Gasteiger partial charge on any atom is -0.454 e. The standard InChI is InChI=1S/C12H14ClNO2S/c13-10-1-8(2-11-12(10)16-7-15-11)5-17-6-9-3-14-4-9/h1-2,9,14H,3-7H2. The summed E-state index contributed by atoms with van der Waals surface area (Å²) in [6, 6.07) is 4.00. The summed E-state index contributed by atoms with van der Waals surface area (Å²) < 4.78 is 10.6. The van der Waals surface area contributed by atoms with Crippen molar-refractivity contribution in [1.82, 2.24) is 5.32 Å². The lowest BCUT2D eigenvalue weighted by Gasteiger charge is -2.26. The van der Waals surface area contributed by atoms with Crippen LogP contribution < -0.4 is 14.8 Å². The molecule has 0 amide bonds. The lowest BCUT2D eigenvalue weighted by Crippen LogP contribution is -2.43. The highest BCUT2D eigenvalue weighted by atomic mass is 35.5. The molecule has 0 atom stereocenters. The van der Waals surface area contributed by atoms with E-state index in [1.165, 1.54) is 11.3 Å². The molecule has 2 aliphatic heterocycles. The molecule has 0 bridgehead atoms. The molecule has 0 radical (unpaired) electrons.